The molecular formula is C28H24FN3O7S. The molecule has 0 spiro atoms. The maximum absolute atomic E-state index is 13.8. The number of hydrogen-bond acceptors (Lipinski definition) is 7. The van der Waals surface area contributed by atoms with Crippen molar-refractivity contribution in [1.82, 2.24) is 15.2 Å². The summed E-state index contributed by atoms with van der Waals surface area (Å²) in [5.74, 6) is -2.44. The molecule has 0 saturated carbocycles. The molecule has 1 aromatic heterocycles. The van der Waals surface area contributed by atoms with Crippen LogP contribution in [-0.2, 0) is 36.8 Å². The van der Waals surface area contributed by atoms with Crippen molar-refractivity contribution in [1.29, 1.82) is 0 Å². The lowest BCUT2D eigenvalue weighted by molar-refractivity contribution is -0.151. The third-order valence-corrected chi connectivity index (χ3v) is 8.58. The zero-order valence-corrected chi connectivity index (χ0v) is 22.1. The van der Waals surface area contributed by atoms with Crippen molar-refractivity contribution < 1.29 is 38.1 Å². The Morgan fingerprint density at radius 3 is 2.80 bits per heavy atom. The van der Waals surface area contributed by atoms with E-state index in [9.17, 15) is 28.7 Å². The number of rotatable bonds is 7. The number of nitrogens with one attached hydrogen (secondary N) is 2. The van der Waals surface area contributed by atoms with Gasteiger partial charge in [-0.2, -0.15) is 0 Å². The number of ether oxygens (including phenoxy) is 2. The molecule has 2 aliphatic heterocycles. The Bertz CT molecular complexity index is 1630. The molecule has 40 heavy (non-hydrogen) atoms. The first-order valence-corrected chi connectivity index (χ1v) is 13.6. The van der Waals surface area contributed by atoms with Crippen molar-refractivity contribution in [2.45, 2.75) is 31.2 Å². The molecule has 3 heterocycles. The molecule has 0 radical (unpaired) electrons. The molecule has 1 fully saturated rings. The average Bonchev–Trinajstić information content (AvgIpc) is 3.30. The molecule has 2 amide bonds. The summed E-state index contributed by atoms with van der Waals surface area (Å²) in [6, 6.07) is 9.36. The summed E-state index contributed by atoms with van der Waals surface area (Å²) in [5, 5.41) is 12.6. The number of aryl methyl sites for hydroxylation is 2. The minimum absolute atomic E-state index is 0.214. The molecular weight excluding hydrogens is 541 g/mol. The van der Waals surface area contributed by atoms with Gasteiger partial charge in [-0.3, -0.25) is 19.3 Å². The molecule has 1 saturated heterocycles. The second kappa shape index (κ2) is 10.0. The molecule has 6 rings (SSSR count). The SMILES string of the molecule is CC(=O)OCC1=C(C(=O)O)N2C(=O)[C@@H](NC(=O)COc3ccc4c(c3)CCc3c-4[nH]c4ccc(F)cc34)[C@H]2SC1. The van der Waals surface area contributed by atoms with Crippen LogP contribution in [0.1, 0.15) is 18.1 Å². The van der Waals surface area contributed by atoms with Gasteiger partial charge in [-0.25, -0.2) is 9.18 Å². The maximum atomic E-state index is 13.8. The Morgan fingerprint density at radius 1 is 1.20 bits per heavy atom. The number of β-lactam (4-membered cyclic amide) rings is 1. The van der Waals surface area contributed by atoms with Crippen molar-refractivity contribution in [2.24, 2.45) is 0 Å². The lowest BCUT2D eigenvalue weighted by atomic mass is 9.89. The number of benzene rings is 2. The topological polar surface area (TPSA) is 138 Å². The van der Waals surface area contributed by atoms with E-state index >= 15 is 0 Å². The van der Waals surface area contributed by atoms with Crippen molar-refractivity contribution >= 4 is 46.4 Å². The van der Waals surface area contributed by atoms with E-state index in [4.69, 9.17) is 9.47 Å². The lowest BCUT2D eigenvalue weighted by Gasteiger charge is -2.49. The zero-order valence-electron chi connectivity index (χ0n) is 21.3. The number of esters is 1. The summed E-state index contributed by atoms with van der Waals surface area (Å²) in [5.41, 5.74) is 5.06. The number of H-pyrrole nitrogens is 1. The van der Waals surface area contributed by atoms with Crippen LogP contribution in [0.2, 0.25) is 0 Å². The second-order valence-electron chi connectivity index (χ2n) is 9.77. The summed E-state index contributed by atoms with van der Waals surface area (Å²) in [6.07, 6.45) is 1.48. The molecule has 2 atom stereocenters. The van der Waals surface area contributed by atoms with Crippen LogP contribution in [0.5, 0.6) is 5.75 Å². The van der Waals surface area contributed by atoms with Crippen LogP contribution in [0.25, 0.3) is 22.2 Å². The van der Waals surface area contributed by atoms with Gasteiger partial charge >= 0.3 is 11.9 Å². The van der Waals surface area contributed by atoms with Gasteiger partial charge in [0, 0.05) is 40.4 Å². The van der Waals surface area contributed by atoms with Crippen molar-refractivity contribution in [3.8, 4) is 17.0 Å². The van der Waals surface area contributed by atoms with Gasteiger partial charge in [0.2, 0.25) is 0 Å². The average molecular weight is 566 g/mol. The largest absolute Gasteiger partial charge is 0.484 e. The van der Waals surface area contributed by atoms with E-state index < -0.39 is 35.2 Å². The number of carbonyl (C=O) groups excluding carboxylic acids is 3. The van der Waals surface area contributed by atoms with Gasteiger partial charge in [-0.15, -0.1) is 11.8 Å². The highest BCUT2D eigenvalue weighted by molar-refractivity contribution is 8.00. The molecule has 0 bridgehead atoms. The minimum Gasteiger partial charge on any atom is -0.484 e. The maximum Gasteiger partial charge on any atom is 0.352 e. The van der Waals surface area contributed by atoms with Gasteiger partial charge < -0.3 is 24.9 Å². The fraction of sp³-hybridized carbons (Fsp3) is 0.286. The van der Waals surface area contributed by atoms with Crippen LogP contribution in [-0.4, -0.2) is 69.1 Å². The van der Waals surface area contributed by atoms with Crippen LogP contribution < -0.4 is 10.1 Å². The number of halogens is 1. The fourth-order valence-electron chi connectivity index (χ4n) is 5.43. The fourth-order valence-corrected chi connectivity index (χ4v) is 6.75. The predicted octanol–water partition coefficient (Wildman–Crippen LogP) is 2.75. The van der Waals surface area contributed by atoms with Gasteiger partial charge in [0.05, 0.1) is 0 Å². The third-order valence-electron chi connectivity index (χ3n) is 7.24. The quantitative estimate of drug-likeness (QED) is 0.294. The number of carboxylic acids is 1. The Balaban J connectivity index is 1.09. The summed E-state index contributed by atoms with van der Waals surface area (Å²) < 4.78 is 24.4. The molecule has 206 valence electrons. The molecule has 3 aromatic rings. The highest BCUT2D eigenvalue weighted by Crippen LogP contribution is 2.41. The van der Waals surface area contributed by atoms with Crippen molar-refractivity contribution in [3.63, 3.8) is 0 Å². The van der Waals surface area contributed by atoms with Crippen LogP contribution >= 0.6 is 11.8 Å². The van der Waals surface area contributed by atoms with E-state index in [2.05, 4.69) is 10.3 Å². The van der Waals surface area contributed by atoms with Crippen LogP contribution in [0.3, 0.4) is 0 Å². The molecule has 0 unspecified atom stereocenters. The molecule has 10 nitrogen and oxygen atoms in total. The number of carbonyl (C=O) groups is 4. The smallest absolute Gasteiger partial charge is 0.352 e. The molecule has 12 heteroatoms. The normalized spacial score (nSPS) is 19.4. The molecule has 3 N–H and O–H groups in total. The number of thioether (sulfide) groups is 1. The number of carboxylic acid groups (broad SMARTS) is 1. The third kappa shape index (κ3) is 4.47. The number of fused-ring (bicyclic) bond motifs is 6. The van der Waals surface area contributed by atoms with Crippen LogP contribution in [0, 0.1) is 5.82 Å². The van der Waals surface area contributed by atoms with Crippen LogP contribution in [0.4, 0.5) is 4.39 Å². The number of hydrogen-bond donors (Lipinski definition) is 3. The van der Waals surface area contributed by atoms with E-state index in [0.717, 1.165) is 51.0 Å². The first kappa shape index (κ1) is 25.9. The van der Waals surface area contributed by atoms with E-state index in [1.165, 1.54) is 24.8 Å². The Kier molecular flexibility index (Phi) is 6.49. The predicted molar refractivity (Wildman–Crippen MR) is 143 cm³/mol. The monoisotopic (exact) mass is 565 g/mol. The van der Waals surface area contributed by atoms with Crippen molar-refractivity contribution in [3.05, 3.63) is 64.6 Å². The molecule has 1 aliphatic carbocycles. The van der Waals surface area contributed by atoms with Gasteiger partial charge in [0.1, 0.15) is 35.3 Å². The Morgan fingerprint density at radius 2 is 2.02 bits per heavy atom. The van der Waals surface area contributed by atoms with E-state index in [1.54, 1.807) is 18.2 Å². The summed E-state index contributed by atoms with van der Waals surface area (Å²) in [7, 11) is 0. The number of nitrogens with zero attached hydrogens (tertiary/aromatic N) is 1. The lowest BCUT2D eigenvalue weighted by Crippen LogP contribution is -2.71. The van der Waals surface area contributed by atoms with E-state index in [0.29, 0.717) is 11.3 Å². The Labute approximate surface area is 231 Å². The van der Waals surface area contributed by atoms with E-state index in [-0.39, 0.29) is 30.5 Å². The van der Waals surface area contributed by atoms with Gasteiger partial charge in [-0.1, -0.05) is 0 Å². The summed E-state index contributed by atoms with van der Waals surface area (Å²) in [4.78, 5) is 52.9. The number of aromatic amines is 1. The number of aromatic nitrogens is 1. The minimum atomic E-state index is -1.30. The van der Waals surface area contributed by atoms with E-state index in [1.807, 2.05) is 12.1 Å². The van der Waals surface area contributed by atoms with Gasteiger partial charge in [-0.05, 0) is 60.4 Å². The van der Waals surface area contributed by atoms with Gasteiger partial charge in [0.15, 0.2) is 6.61 Å². The van der Waals surface area contributed by atoms with Crippen LogP contribution in [0.15, 0.2) is 47.7 Å². The second-order valence-corrected chi connectivity index (χ2v) is 10.9. The summed E-state index contributed by atoms with van der Waals surface area (Å²) >= 11 is 1.29. The number of amides is 2. The highest BCUT2D eigenvalue weighted by Gasteiger charge is 2.54. The first-order chi connectivity index (χ1) is 19.2. The molecule has 2 aromatic carbocycles. The van der Waals surface area contributed by atoms with Crippen molar-refractivity contribution in [2.75, 3.05) is 19.0 Å². The standard InChI is InChI=1S/C28H24FN3O7S/c1-13(33)38-10-15-12-40-27-24(26(35)32(27)25(15)28(36)37)31-22(34)11-39-17-4-6-18-14(8-17)2-5-19-20-9-16(29)3-7-21(20)30-23(18)19/h3-4,6-9,24,27,30H,2,5,10-12H2,1H3,(H,31,34)(H,36,37)/t24-,27-/m1/s1. The van der Waals surface area contributed by atoms with Gasteiger partial charge in [0.25, 0.3) is 11.8 Å². The highest BCUT2D eigenvalue weighted by atomic mass is 32.2. The molecule has 3 aliphatic rings. The zero-order chi connectivity index (χ0) is 28.1. The first-order valence-electron chi connectivity index (χ1n) is 12.6. The number of aliphatic carboxylic acids is 1. The summed E-state index contributed by atoms with van der Waals surface area (Å²) in [6.45, 7) is 0.678. The Hall–Kier alpha value is -4.32.